The Bertz CT molecular complexity index is 6.00. The van der Waals surface area contributed by atoms with Gasteiger partial charge in [-0.3, -0.25) is 6.58 Å². The van der Waals surface area contributed by atoms with Crippen molar-refractivity contribution in [1.82, 2.24) is 0 Å². The first-order valence-electron chi connectivity index (χ1n) is 0.408. The van der Waals surface area contributed by atoms with Crippen molar-refractivity contribution in [1.29, 1.82) is 0 Å². The maximum Gasteiger partial charge on any atom is 0 e. The van der Waals surface area contributed by atoms with E-state index in [-0.39, 0.29) is 31.0 Å². The average Bonchev–Trinajstić information content (AvgIpc) is 1.00. The van der Waals surface area contributed by atoms with Gasteiger partial charge >= 0.3 is 0 Å². The van der Waals surface area contributed by atoms with E-state index in [2.05, 4.69) is 13.2 Å². The molecule has 0 aliphatic carbocycles. The van der Waals surface area contributed by atoms with Gasteiger partial charge in [-0.05, 0) is 0 Å². The third kappa shape index (κ3) is 13.4. The van der Waals surface area contributed by atoms with Gasteiger partial charge in [0.1, 0.15) is 0 Å². The van der Waals surface area contributed by atoms with Gasteiger partial charge in [-0.2, -0.15) is 9.90 Å². The predicted octanol–water partition coefficient (Wildman–Crippen LogP) is 0.661. The van der Waals surface area contributed by atoms with E-state index in [9.17, 15) is 0 Å². The molecule has 0 N–H and O–H groups in total. The molecule has 0 radical (unpaired) electrons. The normalized spacial score (nSPS) is 1.00. The number of hydrogen-bond donors (Lipinski definition) is 0. The smallest absolute Gasteiger partial charge is 0 e. The van der Waals surface area contributed by atoms with Gasteiger partial charge < -0.3 is 6.58 Å². The molecule has 0 aromatic carbocycles. The molecule has 0 saturated heterocycles. The van der Waals surface area contributed by atoms with Crippen LogP contribution in [0, 0.1) is 6.58 Å². The molecule has 26 valence electrons. The Balaban J connectivity index is -0.00000000500. The van der Waals surface area contributed by atoms with Crippen molar-refractivity contribution in [3.8, 4) is 0 Å². The fraction of sp³-hybridized carbons (Fsp3) is 0. The standard InChI is InChI=1S/C2H3.H3P.W/c1-2;;/h1H,2H2;1H3;/q-1;;. The quantitative estimate of drug-likeness (QED) is 0.434. The minimum Gasteiger partial charge on any atom is -0.521 e. The summed E-state index contributed by atoms with van der Waals surface area (Å²) in [6, 6.07) is 0. The van der Waals surface area contributed by atoms with Crippen molar-refractivity contribution in [3.05, 3.63) is 13.2 Å². The molecule has 0 aliphatic heterocycles. The van der Waals surface area contributed by atoms with E-state index in [1.54, 1.807) is 0 Å². The van der Waals surface area contributed by atoms with Crippen LogP contribution in [0.1, 0.15) is 0 Å². The van der Waals surface area contributed by atoms with Crippen molar-refractivity contribution in [3.63, 3.8) is 0 Å². The fourth-order valence-corrected chi connectivity index (χ4v) is 0. The molecule has 0 spiro atoms. The molecular formula is C2H6PW-. The van der Waals surface area contributed by atoms with E-state index in [1.165, 1.54) is 0 Å². The molecule has 0 aromatic heterocycles. The van der Waals surface area contributed by atoms with Gasteiger partial charge in [0.25, 0.3) is 0 Å². The van der Waals surface area contributed by atoms with E-state index in [0.29, 0.717) is 0 Å². The van der Waals surface area contributed by atoms with Crippen LogP contribution in [0.2, 0.25) is 0 Å². The van der Waals surface area contributed by atoms with Crippen LogP contribution in [-0.2, 0) is 21.1 Å². The fourth-order valence-electron chi connectivity index (χ4n) is 0. The summed E-state index contributed by atoms with van der Waals surface area (Å²) in [6.45, 7) is 7.00. The van der Waals surface area contributed by atoms with Gasteiger partial charge in [-0.15, -0.1) is 0 Å². The molecule has 1 unspecified atom stereocenters. The average molecular weight is 245 g/mol. The summed E-state index contributed by atoms with van der Waals surface area (Å²) < 4.78 is 0. The predicted molar refractivity (Wildman–Crippen MR) is 21.0 cm³/mol. The monoisotopic (exact) mass is 245 g/mol. The third-order valence-corrected chi connectivity index (χ3v) is 0. The third-order valence-electron chi connectivity index (χ3n) is 0. The molecule has 0 fully saturated rings. The van der Waals surface area contributed by atoms with Gasteiger partial charge in [-0.25, -0.2) is 0 Å². The van der Waals surface area contributed by atoms with Gasteiger partial charge in [0.05, 0.1) is 0 Å². The zero-order valence-corrected chi connectivity index (χ0v) is 6.75. The van der Waals surface area contributed by atoms with Crippen molar-refractivity contribution >= 4 is 9.90 Å². The van der Waals surface area contributed by atoms with E-state index >= 15 is 0 Å². The second kappa shape index (κ2) is 42.8. The van der Waals surface area contributed by atoms with Gasteiger partial charge in [0.2, 0.25) is 0 Å². The van der Waals surface area contributed by atoms with E-state index in [0.717, 1.165) is 0 Å². The van der Waals surface area contributed by atoms with E-state index < -0.39 is 0 Å². The van der Waals surface area contributed by atoms with Gasteiger partial charge in [0, 0.05) is 21.1 Å². The summed E-state index contributed by atoms with van der Waals surface area (Å²) in [5, 5.41) is 0. The zero-order chi connectivity index (χ0) is 2.00. The number of rotatable bonds is 0. The summed E-state index contributed by atoms with van der Waals surface area (Å²) in [5.41, 5.74) is 0. The molecule has 0 saturated carbocycles. The van der Waals surface area contributed by atoms with Crippen molar-refractivity contribution in [2.75, 3.05) is 0 Å². The van der Waals surface area contributed by atoms with Crippen LogP contribution in [0.15, 0.2) is 6.58 Å². The molecular weight excluding hydrogens is 239 g/mol. The topological polar surface area (TPSA) is 0 Å². The Morgan fingerprint density at radius 1 is 1.25 bits per heavy atom. The van der Waals surface area contributed by atoms with Crippen LogP contribution in [0.25, 0.3) is 0 Å². The van der Waals surface area contributed by atoms with Crippen molar-refractivity contribution in [2.24, 2.45) is 0 Å². The first-order chi connectivity index (χ1) is 1.00. The maximum atomic E-state index is 4.25. The summed E-state index contributed by atoms with van der Waals surface area (Å²) in [4.78, 5) is 0. The Kier molecular flexibility index (Phi) is 224. The molecule has 2 heteroatoms. The maximum absolute atomic E-state index is 4.25. The zero-order valence-electron chi connectivity index (χ0n) is 2.40. The van der Waals surface area contributed by atoms with Crippen molar-refractivity contribution < 1.29 is 21.1 Å². The molecule has 0 heterocycles. The molecule has 0 rings (SSSR count). The van der Waals surface area contributed by atoms with Gasteiger partial charge in [0.15, 0.2) is 0 Å². The second-order valence-corrected chi connectivity index (χ2v) is 0. The molecule has 0 aliphatic rings. The summed E-state index contributed by atoms with van der Waals surface area (Å²) in [5.74, 6) is 0. The van der Waals surface area contributed by atoms with Gasteiger partial charge in [-0.1, -0.05) is 0 Å². The second-order valence-electron chi connectivity index (χ2n) is 0. The molecule has 0 aromatic rings. The Labute approximate surface area is 44.6 Å². The Hall–Kier alpha value is 0.858. The summed E-state index contributed by atoms with van der Waals surface area (Å²) in [7, 11) is 0. The van der Waals surface area contributed by atoms with Crippen LogP contribution in [-0.4, -0.2) is 0 Å². The largest absolute Gasteiger partial charge is 0.521 e. The Morgan fingerprint density at radius 2 is 1.25 bits per heavy atom. The molecule has 0 bridgehead atoms. The van der Waals surface area contributed by atoms with Crippen LogP contribution in [0.4, 0.5) is 0 Å². The summed E-state index contributed by atoms with van der Waals surface area (Å²) in [6.07, 6.45) is 0. The van der Waals surface area contributed by atoms with E-state index in [4.69, 9.17) is 0 Å². The Morgan fingerprint density at radius 3 is 1.25 bits per heavy atom. The summed E-state index contributed by atoms with van der Waals surface area (Å²) >= 11 is 0. The van der Waals surface area contributed by atoms with Crippen molar-refractivity contribution in [2.45, 2.75) is 0 Å². The molecule has 4 heavy (non-hydrogen) atoms. The number of hydrogen-bond acceptors (Lipinski definition) is 0. The van der Waals surface area contributed by atoms with Crippen LogP contribution in [0.5, 0.6) is 0 Å². The first-order valence-corrected chi connectivity index (χ1v) is 0.408. The molecule has 1 atom stereocenters. The molecule has 0 nitrogen and oxygen atoms in total. The minimum absolute atomic E-state index is 0. The van der Waals surface area contributed by atoms with Crippen LogP contribution in [0.3, 0.4) is 0 Å². The van der Waals surface area contributed by atoms with E-state index in [1.807, 2.05) is 0 Å². The minimum atomic E-state index is 0. The SMILES string of the molecule is P.[CH-]=C.[W]. The first kappa shape index (κ1) is 20.9. The van der Waals surface area contributed by atoms with Crippen LogP contribution >= 0.6 is 9.90 Å². The van der Waals surface area contributed by atoms with Crippen LogP contribution < -0.4 is 0 Å². The molecule has 0 amide bonds.